The molecule has 0 aromatic rings. The van der Waals surface area contributed by atoms with Gasteiger partial charge < -0.3 is 15.5 Å². The van der Waals surface area contributed by atoms with Crippen LogP contribution in [0.1, 0.15) is 34.6 Å². The predicted molar refractivity (Wildman–Crippen MR) is 105 cm³/mol. The molecule has 0 radical (unpaired) electrons. The Morgan fingerprint density at radius 1 is 1.38 bits per heavy atom. The zero-order valence-corrected chi connectivity index (χ0v) is 17.5. The van der Waals surface area contributed by atoms with Crippen molar-refractivity contribution in [2.75, 3.05) is 32.9 Å². The molecule has 0 saturated heterocycles. The van der Waals surface area contributed by atoms with Crippen LogP contribution in [0.15, 0.2) is 4.99 Å². The van der Waals surface area contributed by atoms with Gasteiger partial charge in [0.25, 0.3) is 0 Å². The second-order valence-corrected chi connectivity index (χ2v) is 7.17. The fourth-order valence-corrected chi connectivity index (χ4v) is 1.73. The lowest BCUT2D eigenvalue weighted by molar-refractivity contribution is -0.122. The Balaban J connectivity index is 0. The van der Waals surface area contributed by atoms with Crippen molar-refractivity contribution >= 4 is 47.6 Å². The monoisotopic (exact) mass is 430 g/mol. The first kappa shape index (κ1) is 23.1. The van der Waals surface area contributed by atoms with Gasteiger partial charge in [0.15, 0.2) is 5.96 Å². The highest BCUT2D eigenvalue weighted by Crippen LogP contribution is 2.05. The van der Waals surface area contributed by atoms with E-state index in [1.165, 1.54) is 0 Å². The number of amides is 1. The lowest BCUT2D eigenvalue weighted by atomic mass is 10.1. The highest BCUT2D eigenvalue weighted by atomic mass is 127. The molecule has 0 heterocycles. The summed E-state index contributed by atoms with van der Waals surface area (Å²) in [6, 6.07) is 0. The fraction of sp³-hybridized carbons (Fsp3) is 0.857. The molecule has 0 saturated carbocycles. The highest BCUT2D eigenvalue weighted by molar-refractivity contribution is 14.0. The van der Waals surface area contributed by atoms with E-state index in [4.69, 9.17) is 0 Å². The van der Waals surface area contributed by atoms with E-state index in [1.54, 1.807) is 11.8 Å². The van der Waals surface area contributed by atoms with E-state index in [2.05, 4.69) is 28.8 Å². The molecule has 0 rings (SSSR count). The van der Waals surface area contributed by atoms with E-state index in [0.717, 1.165) is 19.0 Å². The van der Waals surface area contributed by atoms with Gasteiger partial charge in [-0.25, -0.2) is 0 Å². The zero-order chi connectivity index (χ0) is 15.8. The number of nitrogens with one attached hydrogen (secondary N) is 2. The Labute approximate surface area is 151 Å². The van der Waals surface area contributed by atoms with Gasteiger partial charge in [-0.2, -0.15) is 11.8 Å². The quantitative estimate of drug-likeness (QED) is 0.385. The van der Waals surface area contributed by atoms with Crippen molar-refractivity contribution < 1.29 is 4.79 Å². The summed E-state index contributed by atoms with van der Waals surface area (Å²) in [6.45, 7) is 11.9. The third kappa shape index (κ3) is 12.1. The predicted octanol–water partition coefficient (Wildman–Crippen LogP) is 2.17. The summed E-state index contributed by atoms with van der Waals surface area (Å²) in [5, 5.41) is 6.64. The number of guanidine groups is 1. The summed E-state index contributed by atoms with van der Waals surface area (Å²) in [4.78, 5) is 18.4. The summed E-state index contributed by atoms with van der Waals surface area (Å²) < 4.78 is 0. The first-order valence-electron chi connectivity index (χ1n) is 7.02. The van der Waals surface area contributed by atoms with E-state index in [1.807, 2.05) is 39.6 Å². The number of hydrogen-bond donors (Lipinski definition) is 2. The van der Waals surface area contributed by atoms with E-state index in [0.29, 0.717) is 11.8 Å². The number of thioether (sulfide) groups is 1. The Morgan fingerprint density at radius 2 is 1.95 bits per heavy atom. The number of carbonyl (C=O) groups is 1. The molecule has 7 heteroatoms. The number of carbonyl (C=O) groups excluding carboxylic acids is 1. The Hall–Kier alpha value is -0.180. The van der Waals surface area contributed by atoms with Crippen LogP contribution < -0.4 is 10.6 Å². The number of halogens is 1. The normalized spacial score (nSPS) is 13.2. The maximum Gasteiger partial charge on any atom is 0.240 e. The van der Waals surface area contributed by atoms with Crippen molar-refractivity contribution in [1.29, 1.82) is 0 Å². The molecular formula is C14H31IN4OS. The minimum atomic E-state index is -0.208. The number of rotatable bonds is 6. The smallest absolute Gasteiger partial charge is 0.240 e. The largest absolute Gasteiger partial charge is 0.357 e. The first-order valence-corrected chi connectivity index (χ1v) is 8.31. The van der Waals surface area contributed by atoms with Crippen LogP contribution in [0.3, 0.4) is 0 Å². The molecule has 21 heavy (non-hydrogen) atoms. The second kappa shape index (κ2) is 11.4. The number of nitrogens with zero attached hydrogens (tertiary/aromatic N) is 2. The van der Waals surface area contributed by atoms with Crippen molar-refractivity contribution in [2.45, 2.75) is 45.4 Å². The van der Waals surface area contributed by atoms with Gasteiger partial charge in [0.2, 0.25) is 5.91 Å². The van der Waals surface area contributed by atoms with Crippen molar-refractivity contribution in [3.8, 4) is 0 Å². The molecule has 1 unspecified atom stereocenters. The van der Waals surface area contributed by atoms with Gasteiger partial charge in [-0.3, -0.25) is 9.79 Å². The maximum absolute atomic E-state index is 11.9. The van der Waals surface area contributed by atoms with Crippen molar-refractivity contribution in [3.05, 3.63) is 0 Å². The molecule has 1 amide bonds. The molecule has 0 spiro atoms. The van der Waals surface area contributed by atoms with Gasteiger partial charge in [-0.15, -0.1) is 24.0 Å². The zero-order valence-electron chi connectivity index (χ0n) is 14.3. The minimum Gasteiger partial charge on any atom is -0.357 e. The summed E-state index contributed by atoms with van der Waals surface area (Å²) in [5.41, 5.74) is -0.208. The molecule has 0 fully saturated rings. The number of hydrogen-bond acceptors (Lipinski definition) is 3. The Kier molecular flexibility index (Phi) is 12.5. The number of aliphatic imine (C=N–C) groups is 1. The average molecular weight is 430 g/mol. The van der Waals surface area contributed by atoms with Crippen molar-refractivity contribution in [2.24, 2.45) is 4.99 Å². The molecule has 0 aromatic heterocycles. The van der Waals surface area contributed by atoms with Gasteiger partial charge >= 0.3 is 0 Å². The van der Waals surface area contributed by atoms with Crippen LogP contribution in [0, 0.1) is 0 Å². The molecule has 0 aliphatic carbocycles. The lowest BCUT2D eigenvalue weighted by Gasteiger charge is -2.25. The van der Waals surface area contributed by atoms with Gasteiger partial charge in [0.1, 0.15) is 0 Å². The molecule has 1 atom stereocenters. The van der Waals surface area contributed by atoms with Gasteiger partial charge in [0, 0.05) is 24.4 Å². The SMILES string of the molecule is CCNC(=NCC(C)SC)N(C)CC(=O)NC(C)(C)C.I. The van der Waals surface area contributed by atoms with Crippen LogP contribution in [-0.4, -0.2) is 60.5 Å². The van der Waals surface area contributed by atoms with Gasteiger partial charge in [-0.05, 0) is 34.0 Å². The number of likely N-dealkylation sites (N-methyl/N-ethyl adjacent to an activating group) is 1. The first-order chi connectivity index (χ1) is 9.19. The standard InChI is InChI=1S/C14H30N4OS.HI/c1-8-15-13(16-9-11(2)20-7)18(6)10-12(19)17-14(3,4)5;/h11H,8-10H2,1-7H3,(H,15,16)(H,17,19);1H. The lowest BCUT2D eigenvalue weighted by Crippen LogP contribution is -2.48. The summed E-state index contributed by atoms with van der Waals surface area (Å²) in [5.74, 6) is 0.779. The minimum absolute atomic E-state index is 0. The third-order valence-corrected chi connectivity index (χ3v) is 3.45. The van der Waals surface area contributed by atoms with E-state index in [9.17, 15) is 4.79 Å². The van der Waals surface area contributed by atoms with Crippen LogP contribution >= 0.6 is 35.7 Å². The summed E-state index contributed by atoms with van der Waals surface area (Å²) in [6.07, 6.45) is 2.08. The summed E-state index contributed by atoms with van der Waals surface area (Å²) >= 11 is 1.79. The van der Waals surface area contributed by atoms with Crippen LogP contribution in [0.2, 0.25) is 0 Å². The molecule has 0 aromatic carbocycles. The molecular weight excluding hydrogens is 399 g/mol. The van der Waals surface area contributed by atoms with E-state index < -0.39 is 0 Å². The van der Waals surface area contributed by atoms with Crippen LogP contribution in [0.4, 0.5) is 0 Å². The fourth-order valence-electron chi connectivity index (χ4n) is 1.51. The van der Waals surface area contributed by atoms with Crippen molar-refractivity contribution in [3.63, 3.8) is 0 Å². The molecule has 0 aliphatic heterocycles. The third-order valence-electron chi connectivity index (χ3n) is 2.49. The second-order valence-electron chi connectivity index (χ2n) is 5.90. The van der Waals surface area contributed by atoms with Crippen LogP contribution in [0.25, 0.3) is 0 Å². The topological polar surface area (TPSA) is 56.7 Å². The highest BCUT2D eigenvalue weighted by Gasteiger charge is 2.16. The Bertz CT molecular complexity index is 331. The van der Waals surface area contributed by atoms with Crippen LogP contribution in [-0.2, 0) is 4.79 Å². The van der Waals surface area contributed by atoms with Gasteiger partial charge in [0.05, 0.1) is 13.1 Å². The van der Waals surface area contributed by atoms with E-state index >= 15 is 0 Å². The van der Waals surface area contributed by atoms with E-state index in [-0.39, 0.29) is 35.4 Å². The maximum atomic E-state index is 11.9. The molecule has 0 aliphatic rings. The Morgan fingerprint density at radius 3 is 2.38 bits per heavy atom. The van der Waals surface area contributed by atoms with Gasteiger partial charge in [-0.1, -0.05) is 6.92 Å². The molecule has 5 nitrogen and oxygen atoms in total. The molecule has 0 bridgehead atoms. The molecule has 126 valence electrons. The van der Waals surface area contributed by atoms with Crippen molar-refractivity contribution in [1.82, 2.24) is 15.5 Å². The molecule has 2 N–H and O–H groups in total. The average Bonchev–Trinajstić information content (AvgIpc) is 2.31. The van der Waals surface area contributed by atoms with Crippen LogP contribution in [0.5, 0.6) is 0 Å². The summed E-state index contributed by atoms with van der Waals surface area (Å²) in [7, 11) is 1.88.